The van der Waals surface area contributed by atoms with Gasteiger partial charge in [0.25, 0.3) is 0 Å². The van der Waals surface area contributed by atoms with Crippen LogP contribution >= 0.6 is 11.3 Å². The van der Waals surface area contributed by atoms with Gasteiger partial charge in [-0.2, -0.15) is 0 Å². The van der Waals surface area contributed by atoms with E-state index in [2.05, 4.69) is 75.3 Å². The summed E-state index contributed by atoms with van der Waals surface area (Å²) < 4.78 is 11.4. The van der Waals surface area contributed by atoms with Crippen molar-refractivity contribution in [3.05, 3.63) is 21.9 Å². The number of carbonyl (C=O) groups excluding carboxylic acids is 1. The third kappa shape index (κ3) is 11.4. The summed E-state index contributed by atoms with van der Waals surface area (Å²) in [5.74, 6) is 12.4. The predicted molar refractivity (Wildman–Crippen MR) is 141 cm³/mol. The molecule has 1 rings (SSSR count). The zero-order valence-electron chi connectivity index (χ0n) is 21.5. The van der Waals surface area contributed by atoms with E-state index in [1.54, 1.807) is 11.3 Å². The standard InChI is InChI=1S/C27H42O4SSi/c1-8-9-10-11-12-13-16-24(31-33(6,7)27(2,3)4)25-21-20-23(32-25)19-18-22(28)15-14-17-26(29)30-5/h20-22,24,28H,8-11,14-17H2,1-7H3. The van der Waals surface area contributed by atoms with Crippen molar-refractivity contribution in [3.63, 3.8) is 0 Å². The zero-order chi connectivity index (χ0) is 24.9. The van der Waals surface area contributed by atoms with Crippen LogP contribution in [-0.4, -0.2) is 32.6 Å². The van der Waals surface area contributed by atoms with Gasteiger partial charge in [0.1, 0.15) is 6.10 Å². The summed E-state index contributed by atoms with van der Waals surface area (Å²) in [6, 6.07) is 4.07. The highest BCUT2D eigenvalue weighted by atomic mass is 32.1. The number of esters is 1. The lowest BCUT2D eigenvalue weighted by Crippen LogP contribution is -2.41. The summed E-state index contributed by atoms with van der Waals surface area (Å²) >= 11 is 1.61. The molecule has 0 amide bonds. The summed E-state index contributed by atoms with van der Waals surface area (Å²) in [4.78, 5) is 13.2. The summed E-state index contributed by atoms with van der Waals surface area (Å²) in [6.45, 7) is 13.5. The molecule has 0 radical (unpaired) electrons. The van der Waals surface area contributed by atoms with E-state index in [0.29, 0.717) is 25.7 Å². The smallest absolute Gasteiger partial charge is 0.305 e. The Morgan fingerprint density at radius 2 is 1.91 bits per heavy atom. The minimum absolute atomic E-state index is 0.0601. The van der Waals surface area contributed by atoms with Crippen molar-refractivity contribution in [2.24, 2.45) is 0 Å². The van der Waals surface area contributed by atoms with E-state index >= 15 is 0 Å². The number of carbonyl (C=O) groups is 1. The first-order chi connectivity index (χ1) is 15.5. The molecule has 1 heterocycles. The van der Waals surface area contributed by atoms with Crippen LogP contribution in [0.3, 0.4) is 0 Å². The summed E-state index contributed by atoms with van der Waals surface area (Å²) in [7, 11) is -0.593. The van der Waals surface area contributed by atoms with Crippen LogP contribution in [-0.2, 0) is 14.0 Å². The van der Waals surface area contributed by atoms with E-state index in [4.69, 9.17) is 4.43 Å². The van der Waals surface area contributed by atoms with Gasteiger partial charge in [0.15, 0.2) is 8.32 Å². The molecule has 184 valence electrons. The molecule has 0 aliphatic carbocycles. The molecule has 6 heteroatoms. The second-order valence-corrected chi connectivity index (χ2v) is 15.7. The monoisotopic (exact) mass is 490 g/mol. The van der Waals surface area contributed by atoms with Gasteiger partial charge >= 0.3 is 5.97 Å². The zero-order valence-corrected chi connectivity index (χ0v) is 23.4. The van der Waals surface area contributed by atoms with E-state index in [1.165, 1.54) is 20.0 Å². The molecule has 2 atom stereocenters. The number of methoxy groups -OCH3 is 1. The van der Waals surface area contributed by atoms with Crippen molar-refractivity contribution >= 4 is 25.6 Å². The average Bonchev–Trinajstić information content (AvgIpc) is 3.21. The Balaban J connectivity index is 2.88. The number of rotatable bonds is 11. The highest BCUT2D eigenvalue weighted by molar-refractivity contribution is 7.12. The van der Waals surface area contributed by atoms with E-state index in [9.17, 15) is 9.90 Å². The lowest BCUT2D eigenvalue weighted by Gasteiger charge is -2.38. The molecule has 1 aromatic heterocycles. The third-order valence-electron chi connectivity index (χ3n) is 5.95. The lowest BCUT2D eigenvalue weighted by atomic mass is 10.1. The Labute approximate surface area is 206 Å². The highest BCUT2D eigenvalue weighted by Gasteiger charge is 2.39. The Morgan fingerprint density at radius 1 is 1.18 bits per heavy atom. The number of hydrogen-bond donors (Lipinski definition) is 1. The maximum atomic E-state index is 11.2. The number of ether oxygens (including phenoxy) is 1. The Kier molecular flexibility index (Phi) is 13.1. The van der Waals surface area contributed by atoms with Gasteiger partial charge in [-0.15, -0.1) is 23.2 Å². The molecule has 0 saturated heterocycles. The van der Waals surface area contributed by atoms with Crippen LogP contribution in [0, 0.1) is 23.7 Å². The maximum Gasteiger partial charge on any atom is 0.305 e. The molecule has 2 unspecified atom stereocenters. The highest BCUT2D eigenvalue weighted by Crippen LogP contribution is 2.41. The molecule has 1 N–H and O–H groups in total. The van der Waals surface area contributed by atoms with Gasteiger partial charge in [-0.1, -0.05) is 52.4 Å². The minimum atomic E-state index is -1.96. The first-order valence-corrected chi connectivity index (χ1v) is 15.7. The molecular formula is C27H42O4SSi. The molecule has 33 heavy (non-hydrogen) atoms. The number of aliphatic hydroxyl groups excluding tert-OH is 1. The van der Waals surface area contributed by atoms with Gasteiger partial charge in [-0.25, -0.2) is 0 Å². The Bertz CT molecular complexity index is 845. The number of hydrogen-bond acceptors (Lipinski definition) is 5. The van der Waals surface area contributed by atoms with Crippen LogP contribution < -0.4 is 0 Å². The summed E-state index contributed by atoms with van der Waals surface area (Å²) in [6.07, 6.45) is 5.68. The Hall–Kier alpha value is -1.57. The summed E-state index contributed by atoms with van der Waals surface area (Å²) in [5.41, 5.74) is 0. The molecule has 4 nitrogen and oxygen atoms in total. The van der Waals surface area contributed by atoms with Crippen LogP contribution in [0.4, 0.5) is 0 Å². The number of unbranched alkanes of at least 4 members (excludes halogenated alkanes) is 3. The molecule has 1 aromatic rings. The van der Waals surface area contributed by atoms with Crippen LogP contribution in [0.5, 0.6) is 0 Å². The maximum absolute atomic E-state index is 11.2. The molecule has 0 bridgehead atoms. The largest absolute Gasteiger partial charge is 0.469 e. The van der Waals surface area contributed by atoms with Crippen molar-refractivity contribution in [2.45, 2.75) is 109 Å². The molecule has 0 spiro atoms. The normalized spacial score (nSPS) is 13.3. The Morgan fingerprint density at radius 3 is 2.55 bits per heavy atom. The molecular weight excluding hydrogens is 448 g/mol. The fourth-order valence-corrected chi connectivity index (χ4v) is 5.07. The van der Waals surface area contributed by atoms with Gasteiger partial charge in [-0.3, -0.25) is 4.79 Å². The molecule has 0 aliphatic rings. The van der Waals surface area contributed by atoms with Crippen molar-refractivity contribution < 1.29 is 19.1 Å². The molecule has 0 aromatic carbocycles. The number of aliphatic hydroxyl groups is 1. The SMILES string of the molecule is CCCCCC#CCC(O[Si](C)(C)C(C)(C)C)c1ccc(C#CC(O)CCCC(=O)OC)s1. The fourth-order valence-electron chi connectivity index (χ4n) is 2.81. The molecule has 0 saturated carbocycles. The minimum Gasteiger partial charge on any atom is -0.469 e. The van der Waals surface area contributed by atoms with Gasteiger partial charge in [-0.05, 0) is 49.5 Å². The van der Waals surface area contributed by atoms with Crippen molar-refractivity contribution in [1.29, 1.82) is 0 Å². The predicted octanol–water partition coefficient (Wildman–Crippen LogP) is 6.84. The van der Waals surface area contributed by atoms with Gasteiger partial charge in [0.2, 0.25) is 0 Å². The van der Waals surface area contributed by atoms with Gasteiger partial charge in [0.05, 0.1) is 18.1 Å². The molecule has 0 fully saturated rings. The van der Waals surface area contributed by atoms with Gasteiger partial charge < -0.3 is 14.3 Å². The van der Waals surface area contributed by atoms with E-state index in [1.807, 2.05) is 6.07 Å². The second kappa shape index (κ2) is 14.6. The summed E-state index contributed by atoms with van der Waals surface area (Å²) in [5, 5.41) is 10.2. The first kappa shape index (κ1) is 29.5. The third-order valence-corrected chi connectivity index (χ3v) is 11.5. The van der Waals surface area contributed by atoms with Crippen molar-refractivity contribution in [2.75, 3.05) is 7.11 Å². The lowest BCUT2D eigenvalue weighted by molar-refractivity contribution is -0.140. The van der Waals surface area contributed by atoms with E-state index in [-0.39, 0.29) is 17.1 Å². The number of thiophene rings is 1. The first-order valence-electron chi connectivity index (χ1n) is 12.0. The fraction of sp³-hybridized carbons (Fsp3) is 0.667. The average molecular weight is 491 g/mol. The van der Waals surface area contributed by atoms with Crippen molar-refractivity contribution in [1.82, 2.24) is 0 Å². The van der Waals surface area contributed by atoms with E-state index < -0.39 is 14.4 Å². The topological polar surface area (TPSA) is 55.8 Å². The van der Waals surface area contributed by atoms with Crippen LogP contribution in [0.1, 0.15) is 94.9 Å². The second-order valence-electron chi connectivity index (χ2n) is 9.84. The van der Waals surface area contributed by atoms with E-state index in [0.717, 1.165) is 22.6 Å². The van der Waals surface area contributed by atoms with Crippen molar-refractivity contribution in [3.8, 4) is 23.7 Å². The van der Waals surface area contributed by atoms with Crippen LogP contribution in [0.25, 0.3) is 0 Å². The quantitative estimate of drug-likeness (QED) is 0.160. The molecule has 0 aliphatic heterocycles. The van der Waals surface area contributed by atoms with Crippen LogP contribution in [0.2, 0.25) is 18.1 Å². The van der Waals surface area contributed by atoms with Crippen LogP contribution in [0.15, 0.2) is 12.1 Å². The van der Waals surface area contributed by atoms with Gasteiger partial charge in [0, 0.05) is 24.1 Å².